The van der Waals surface area contributed by atoms with E-state index in [-0.39, 0.29) is 5.91 Å². The fourth-order valence-electron chi connectivity index (χ4n) is 4.63. The number of amides is 1. The second-order valence-electron chi connectivity index (χ2n) is 8.27. The van der Waals surface area contributed by atoms with Gasteiger partial charge in [0.15, 0.2) is 0 Å². The zero-order valence-corrected chi connectivity index (χ0v) is 18.0. The maximum Gasteiger partial charge on any atom is 0.253 e. The summed E-state index contributed by atoms with van der Waals surface area (Å²) in [7, 11) is 0. The van der Waals surface area contributed by atoms with Gasteiger partial charge in [0, 0.05) is 43.1 Å². The lowest BCUT2D eigenvalue weighted by molar-refractivity contribution is 0.0948. The van der Waals surface area contributed by atoms with Crippen LogP contribution in [0, 0.1) is 0 Å². The highest BCUT2D eigenvalue weighted by molar-refractivity contribution is 6.01. The van der Waals surface area contributed by atoms with Gasteiger partial charge in [-0.3, -0.25) is 9.78 Å². The third-order valence-electron chi connectivity index (χ3n) is 6.24. The van der Waals surface area contributed by atoms with E-state index in [2.05, 4.69) is 35.8 Å². The number of carbonyl (C=O) groups is 1. The number of likely N-dealkylation sites (tertiary alicyclic amines) is 1. The molecular weight excluding hydrogens is 404 g/mol. The number of imidazole rings is 1. The SMILES string of the molecule is NCCCN1CCC(n2c(CNC(=O)c3cccnc3)nc3cnc4[nH]ccc4c32)CC1. The highest BCUT2D eigenvalue weighted by Gasteiger charge is 2.26. The molecule has 1 aliphatic rings. The normalized spacial score (nSPS) is 15.5. The second kappa shape index (κ2) is 9.05. The molecule has 4 N–H and O–H groups in total. The number of H-pyrrole nitrogens is 1. The Morgan fingerprint density at radius 1 is 1.25 bits per heavy atom. The van der Waals surface area contributed by atoms with E-state index in [1.54, 1.807) is 24.5 Å². The van der Waals surface area contributed by atoms with Gasteiger partial charge in [-0.15, -0.1) is 0 Å². The molecule has 1 fully saturated rings. The standard InChI is InChI=1S/C23H28N8O/c24-7-2-10-30-11-5-17(6-12-30)31-20(15-28-23(32)16-3-1-8-25-13-16)29-19-14-27-22-18(21(19)31)4-9-26-22/h1,3-4,8-9,13-14,17H,2,5-7,10-12,15,24H2,(H,26,27)(H,28,32). The molecule has 9 heteroatoms. The molecule has 0 radical (unpaired) electrons. The summed E-state index contributed by atoms with van der Waals surface area (Å²) in [4.78, 5) is 31.7. The smallest absolute Gasteiger partial charge is 0.253 e. The zero-order valence-electron chi connectivity index (χ0n) is 18.0. The van der Waals surface area contributed by atoms with E-state index >= 15 is 0 Å². The number of piperidine rings is 1. The van der Waals surface area contributed by atoms with E-state index in [9.17, 15) is 4.79 Å². The topological polar surface area (TPSA) is 118 Å². The molecule has 1 aliphatic heterocycles. The van der Waals surface area contributed by atoms with Crippen LogP contribution in [0.1, 0.15) is 41.5 Å². The average Bonchev–Trinajstić information content (AvgIpc) is 3.46. The van der Waals surface area contributed by atoms with E-state index in [0.29, 0.717) is 18.2 Å². The number of fused-ring (bicyclic) bond motifs is 3. The predicted octanol–water partition coefficient (Wildman–Crippen LogP) is 2.22. The monoisotopic (exact) mass is 432 g/mol. The van der Waals surface area contributed by atoms with Crippen LogP contribution in [0.2, 0.25) is 0 Å². The van der Waals surface area contributed by atoms with Crippen LogP contribution in [0.4, 0.5) is 0 Å². The number of nitrogens with one attached hydrogen (secondary N) is 2. The van der Waals surface area contributed by atoms with Crippen LogP contribution in [0.5, 0.6) is 0 Å². The van der Waals surface area contributed by atoms with Crippen molar-refractivity contribution in [2.45, 2.75) is 31.8 Å². The van der Waals surface area contributed by atoms with Crippen molar-refractivity contribution >= 4 is 28.0 Å². The summed E-state index contributed by atoms with van der Waals surface area (Å²) in [5.74, 6) is 0.700. The quantitative estimate of drug-likeness (QED) is 0.412. The first-order valence-corrected chi connectivity index (χ1v) is 11.2. The molecule has 0 spiro atoms. The maximum absolute atomic E-state index is 12.6. The lowest BCUT2D eigenvalue weighted by atomic mass is 10.0. The average molecular weight is 433 g/mol. The molecule has 4 aromatic heterocycles. The number of aromatic nitrogens is 5. The first-order valence-electron chi connectivity index (χ1n) is 11.2. The number of aromatic amines is 1. The van der Waals surface area contributed by atoms with Crippen molar-refractivity contribution in [2.75, 3.05) is 26.2 Å². The Balaban J connectivity index is 1.45. The van der Waals surface area contributed by atoms with Crippen molar-refractivity contribution in [3.05, 3.63) is 54.4 Å². The minimum absolute atomic E-state index is 0.154. The summed E-state index contributed by atoms with van der Waals surface area (Å²) in [5, 5.41) is 4.08. The molecule has 0 aromatic carbocycles. The van der Waals surface area contributed by atoms with Gasteiger partial charge in [0.1, 0.15) is 17.0 Å². The van der Waals surface area contributed by atoms with E-state index in [4.69, 9.17) is 10.7 Å². The van der Waals surface area contributed by atoms with Crippen molar-refractivity contribution in [1.29, 1.82) is 0 Å². The van der Waals surface area contributed by atoms with Crippen molar-refractivity contribution in [3.63, 3.8) is 0 Å². The van der Waals surface area contributed by atoms with Crippen molar-refractivity contribution < 1.29 is 4.79 Å². The summed E-state index contributed by atoms with van der Waals surface area (Å²) in [6, 6.07) is 5.89. The van der Waals surface area contributed by atoms with Crippen LogP contribution < -0.4 is 11.1 Å². The van der Waals surface area contributed by atoms with Gasteiger partial charge in [-0.25, -0.2) is 9.97 Å². The molecule has 9 nitrogen and oxygen atoms in total. The Hall–Kier alpha value is -3.30. The molecule has 32 heavy (non-hydrogen) atoms. The lowest BCUT2D eigenvalue weighted by Gasteiger charge is -2.33. The lowest BCUT2D eigenvalue weighted by Crippen LogP contribution is -2.36. The number of hydrogen-bond acceptors (Lipinski definition) is 6. The summed E-state index contributed by atoms with van der Waals surface area (Å²) in [6.45, 7) is 4.20. The Morgan fingerprint density at radius 2 is 2.12 bits per heavy atom. The Kier molecular flexibility index (Phi) is 5.83. The molecule has 5 rings (SSSR count). The molecule has 0 unspecified atom stereocenters. The minimum Gasteiger partial charge on any atom is -0.346 e. The molecule has 1 amide bonds. The van der Waals surface area contributed by atoms with E-state index in [1.807, 2.05) is 12.4 Å². The van der Waals surface area contributed by atoms with Gasteiger partial charge in [0.05, 0.1) is 23.8 Å². The van der Waals surface area contributed by atoms with Gasteiger partial charge >= 0.3 is 0 Å². The van der Waals surface area contributed by atoms with Crippen molar-refractivity contribution in [2.24, 2.45) is 5.73 Å². The second-order valence-corrected chi connectivity index (χ2v) is 8.27. The predicted molar refractivity (Wildman–Crippen MR) is 123 cm³/mol. The fraction of sp³-hybridized carbons (Fsp3) is 0.391. The Bertz CT molecular complexity index is 1210. The highest BCUT2D eigenvalue weighted by Crippen LogP contribution is 2.32. The third kappa shape index (κ3) is 3.96. The first-order chi connectivity index (χ1) is 15.7. The van der Waals surface area contributed by atoms with Crippen molar-refractivity contribution in [1.82, 2.24) is 34.7 Å². The molecule has 0 aliphatic carbocycles. The minimum atomic E-state index is -0.154. The van der Waals surface area contributed by atoms with E-state index in [0.717, 1.165) is 73.3 Å². The highest BCUT2D eigenvalue weighted by atomic mass is 16.1. The van der Waals surface area contributed by atoms with Crippen LogP contribution in [-0.2, 0) is 6.54 Å². The number of rotatable bonds is 7. The van der Waals surface area contributed by atoms with Gasteiger partial charge in [-0.05, 0) is 50.6 Å². The van der Waals surface area contributed by atoms with Crippen molar-refractivity contribution in [3.8, 4) is 0 Å². The summed E-state index contributed by atoms with van der Waals surface area (Å²) < 4.78 is 2.33. The largest absolute Gasteiger partial charge is 0.346 e. The van der Waals surface area contributed by atoms with Crippen LogP contribution >= 0.6 is 0 Å². The zero-order chi connectivity index (χ0) is 21.9. The Morgan fingerprint density at radius 3 is 2.91 bits per heavy atom. The Labute approximate surface area is 186 Å². The maximum atomic E-state index is 12.6. The van der Waals surface area contributed by atoms with E-state index in [1.165, 1.54) is 0 Å². The molecule has 1 saturated heterocycles. The molecule has 4 aromatic rings. The summed E-state index contributed by atoms with van der Waals surface area (Å²) in [5.41, 5.74) is 9.02. The molecular formula is C23H28N8O. The molecule has 5 heterocycles. The third-order valence-corrected chi connectivity index (χ3v) is 6.24. The molecule has 166 valence electrons. The van der Waals surface area contributed by atoms with Crippen LogP contribution in [0.25, 0.3) is 22.1 Å². The molecule has 0 atom stereocenters. The fourth-order valence-corrected chi connectivity index (χ4v) is 4.63. The van der Waals surface area contributed by atoms with Gasteiger partial charge in [0.2, 0.25) is 0 Å². The number of pyridine rings is 2. The number of hydrogen-bond donors (Lipinski definition) is 3. The molecule has 0 bridgehead atoms. The van der Waals surface area contributed by atoms with Crippen LogP contribution in [0.3, 0.4) is 0 Å². The summed E-state index contributed by atoms with van der Waals surface area (Å²) >= 11 is 0. The molecule has 0 saturated carbocycles. The van der Waals surface area contributed by atoms with E-state index < -0.39 is 0 Å². The number of nitrogens with zero attached hydrogens (tertiary/aromatic N) is 5. The van der Waals surface area contributed by atoms with Gasteiger partial charge in [-0.2, -0.15) is 0 Å². The summed E-state index contributed by atoms with van der Waals surface area (Å²) in [6.07, 6.45) is 10.1. The number of nitrogens with two attached hydrogens (primary N) is 1. The van der Waals surface area contributed by atoms with Crippen LogP contribution in [-0.4, -0.2) is 61.5 Å². The van der Waals surface area contributed by atoms with Crippen LogP contribution in [0.15, 0.2) is 43.0 Å². The number of carbonyl (C=O) groups excluding carboxylic acids is 1. The van der Waals surface area contributed by atoms with Gasteiger partial charge < -0.3 is 25.5 Å². The van der Waals surface area contributed by atoms with Gasteiger partial charge in [-0.1, -0.05) is 0 Å². The first kappa shape index (κ1) is 20.6. The van der Waals surface area contributed by atoms with Gasteiger partial charge in [0.25, 0.3) is 5.91 Å².